The van der Waals surface area contributed by atoms with Gasteiger partial charge in [-0.3, -0.25) is 0 Å². The van der Waals surface area contributed by atoms with Crippen molar-refractivity contribution in [3.8, 4) is 0 Å². The Labute approximate surface area is 94.0 Å². The van der Waals surface area contributed by atoms with Gasteiger partial charge in [-0.05, 0) is 49.6 Å². The molecule has 2 fully saturated rings. The van der Waals surface area contributed by atoms with Gasteiger partial charge in [0.1, 0.15) is 0 Å². The smallest absolute Gasteiger partial charge is 0.0107 e. The third kappa shape index (κ3) is 2.73. The van der Waals surface area contributed by atoms with Crippen molar-refractivity contribution in [3.05, 3.63) is 0 Å². The van der Waals surface area contributed by atoms with E-state index in [0.717, 1.165) is 18.4 Å². The van der Waals surface area contributed by atoms with Crippen molar-refractivity contribution in [2.75, 3.05) is 13.1 Å². The first-order chi connectivity index (χ1) is 7.13. The molecular weight excluding hydrogens is 184 g/mol. The molecule has 0 aromatic carbocycles. The van der Waals surface area contributed by atoms with E-state index >= 15 is 0 Å². The normalized spacial score (nSPS) is 39.0. The fourth-order valence-corrected chi connectivity index (χ4v) is 2.98. The molecule has 0 aromatic rings. The highest BCUT2D eigenvalue weighted by atomic mass is 14.9. The fraction of sp³-hybridized carbons (Fsp3) is 1.00. The minimum atomic E-state index is 0.611. The monoisotopic (exact) mass is 210 g/mol. The zero-order valence-electron chi connectivity index (χ0n) is 10.3. The Morgan fingerprint density at radius 3 is 2.53 bits per heavy atom. The van der Waals surface area contributed by atoms with E-state index in [2.05, 4.69) is 19.2 Å². The summed E-state index contributed by atoms with van der Waals surface area (Å²) in [6.07, 6.45) is 6.86. The molecule has 0 saturated heterocycles. The SMILES string of the molecule is CC1(C)CC1CNC1CCCCC1CN. The maximum absolute atomic E-state index is 5.83. The molecular formula is C13H26N2. The van der Waals surface area contributed by atoms with Gasteiger partial charge in [0.15, 0.2) is 0 Å². The van der Waals surface area contributed by atoms with E-state index in [-0.39, 0.29) is 0 Å². The van der Waals surface area contributed by atoms with Crippen LogP contribution in [0, 0.1) is 17.3 Å². The van der Waals surface area contributed by atoms with Crippen LogP contribution in [0.2, 0.25) is 0 Å². The summed E-state index contributed by atoms with van der Waals surface area (Å²) in [6.45, 7) is 6.83. The molecule has 2 nitrogen and oxygen atoms in total. The number of hydrogen-bond donors (Lipinski definition) is 2. The van der Waals surface area contributed by atoms with Crippen LogP contribution in [0.1, 0.15) is 46.0 Å². The summed E-state index contributed by atoms with van der Waals surface area (Å²) in [6, 6.07) is 0.708. The third-order valence-corrected chi connectivity index (χ3v) is 4.56. The molecule has 0 spiro atoms. The van der Waals surface area contributed by atoms with Crippen LogP contribution in [0.5, 0.6) is 0 Å². The lowest BCUT2D eigenvalue weighted by Gasteiger charge is -2.31. The second-order valence-corrected chi connectivity index (χ2v) is 6.18. The van der Waals surface area contributed by atoms with Gasteiger partial charge in [0, 0.05) is 6.04 Å². The first kappa shape index (κ1) is 11.4. The standard InChI is InChI=1S/C13H26N2/c1-13(2)7-11(13)9-15-12-6-4-3-5-10(12)8-14/h10-12,15H,3-9,14H2,1-2H3. The van der Waals surface area contributed by atoms with E-state index < -0.39 is 0 Å². The molecule has 0 radical (unpaired) electrons. The molecule has 3 atom stereocenters. The van der Waals surface area contributed by atoms with Crippen LogP contribution < -0.4 is 11.1 Å². The van der Waals surface area contributed by atoms with Crippen molar-refractivity contribution >= 4 is 0 Å². The van der Waals surface area contributed by atoms with Gasteiger partial charge in [-0.15, -0.1) is 0 Å². The van der Waals surface area contributed by atoms with Crippen LogP contribution in [-0.2, 0) is 0 Å². The number of hydrogen-bond acceptors (Lipinski definition) is 2. The molecule has 2 saturated carbocycles. The maximum Gasteiger partial charge on any atom is 0.0107 e. The largest absolute Gasteiger partial charge is 0.330 e. The van der Waals surface area contributed by atoms with Crippen LogP contribution in [0.15, 0.2) is 0 Å². The summed E-state index contributed by atoms with van der Waals surface area (Å²) in [7, 11) is 0. The molecule has 88 valence electrons. The van der Waals surface area contributed by atoms with Crippen LogP contribution in [0.4, 0.5) is 0 Å². The van der Waals surface area contributed by atoms with E-state index in [9.17, 15) is 0 Å². The Balaban J connectivity index is 1.73. The van der Waals surface area contributed by atoms with E-state index in [0.29, 0.717) is 11.5 Å². The van der Waals surface area contributed by atoms with Gasteiger partial charge in [-0.1, -0.05) is 26.7 Å². The van der Waals surface area contributed by atoms with Crippen LogP contribution in [0.25, 0.3) is 0 Å². The number of nitrogens with two attached hydrogens (primary N) is 1. The quantitative estimate of drug-likeness (QED) is 0.746. The summed E-state index contributed by atoms with van der Waals surface area (Å²) in [5.41, 5.74) is 6.44. The highest BCUT2D eigenvalue weighted by Crippen LogP contribution is 2.51. The average molecular weight is 210 g/mol. The molecule has 0 aliphatic heterocycles. The van der Waals surface area contributed by atoms with E-state index in [4.69, 9.17) is 5.73 Å². The van der Waals surface area contributed by atoms with Gasteiger partial charge in [0.2, 0.25) is 0 Å². The molecule has 2 rings (SSSR count). The second kappa shape index (κ2) is 4.42. The molecule has 3 unspecified atom stereocenters. The summed E-state index contributed by atoms with van der Waals surface area (Å²) < 4.78 is 0. The summed E-state index contributed by atoms with van der Waals surface area (Å²) in [4.78, 5) is 0. The van der Waals surface area contributed by atoms with Crippen molar-refractivity contribution in [3.63, 3.8) is 0 Å². The molecule has 0 aromatic heterocycles. The Hall–Kier alpha value is -0.0800. The van der Waals surface area contributed by atoms with E-state index in [1.807, 2.05) is 0 Å². The average Bonchev–Trinajstić information content (AvgIpc) is 2.84. The lowest BCUT2D eigenvalue weighted by molar-refractivity contribution is 0.263. The number of rotatable bonds is 4. The summed E-state index contributed by atoms with van der Waals surface area (Å²) >= 11 is 0. The predicted octanol–water partition coefficient (Wildman–Crippen LogP) is 2.14. The predicted molar refractivity (Wildman–Crippen MR) is 64.7 cm³/mol. The lowest BCUT2D eigenvalue weighted by atomic mass is 9.84. The molecule has 2 heteroatoms. The highest BCUT2D eigenvalue weighted by Gasteiger charge is 2.45. The van der Waals surface area contributed by atoms with Crippen molar-refractivity contribution in [2.45, 2.75) is 52.0 Å². The van der Waals surface area contributed by atoms with Gasteiger partial charge in [0.05, 0.1) is 0 Å². The molecule has 15 heavy (non-hydrogen) atoms. The molecule has 0 amide bonds. The van der Waals surface area contributed by atoms with Crippen molar-refractivity contribution in [1.82, 2.24) is 5.32 Å². The van der Waals surface area contributed by atoms with Gasteiger partial charge in [-0.25, -0.2) is 0 Å². The lowest BCUT2D eigenvalue weighted by Crippen LogP contribution is -2.42. The van der Waals surface area contributed by atoms with Gasteiger partial charge < -0.3 is 11.1 Å². The molecule has 0 bridgehead atoms. The van der Waals surface area contributed by atoms with Crippen LogP contribution in [-0.4, -0.2) is 19.1 Å². The fourth-order valence-electron chi connectivity index (χ4n) is 2.98. The van der Waals surface area contributed by atoms with Crippen molar-refractivity contribution in [1.29, 1.82) is 0 Å². The summed E-state index contributed by atoms with van der Waals surface area (Å²) in [5, 5.41) is 3.76. The maximum atomic E-state index is 5.83. The topological polar surface area (TPSA) is 38.0 Å². The molecule has 3 N–H and O–H groups in total. The second-order valence-electron chi connectivity index (χ2n) is 6.18. The van der Waals surface area contributed by atoms with Gasteiger partial charge in [0.25, 0.3) is 0 Å². The zero-order chi connectivity index (χ0) is 10.9. The van der Waals surface area contributed by atoms with Crippen molar-refractivity contribution in [2.24, 2.45) is 23.0 Å². The van der Waals surface area contributed by atoms with Crippen LogP contribution in [0.3, 0.4) is 0 Å². The highest BCUT2D eigenvalue weighted by molar-refractivity contribution is 4.97. The van der Waals surface area contributed by atoms with Gasteiger partial charge >= 0.3 is 0 Å². The molecule has 2 aliphatic carbocycles. The van der Waals surface area contributed by atoms with Crippen molar-refractivity contribution < 1.29 is 0 Å². The zero-order valence-corrected chi connectivity index (χ0v) is 10.3. The number of nitrogens with one attached hydrogen (secondary N) is 1. The Morgan fingerprint density at radius 1 is 1.27 bits per heavy atom. The minimum absolute atomic E-state index is 0.611. The first-order valence-corrected chi connectivity index (χ1v) is 6.57. The molecule has 0 heterocycles. The van der Waals surface area contributed by atoms with Crippen LogP contribution >= 0.6 is 0 Å². The Bertz CT molecular complexity index is 213. The van der Waals surface area contributed by atoms with Gasteiger partial charge in [-0.2, -0.15) is 0 Å². The minimum Gasteiger partial charge on any atom is -0.330 e. The Morgan fingerprint density at radius 2 is 1.93 bits per heavy atom. The summed E-state index contributed by atoms with van der Waals surface area (Å²) in [5.74, 6) is 1.65. The van der Waals surface area contributed by atoms with E-state index in [1.54, 1.807) is 0 Å². The Kier molecular flexibility index (Phi) is 3.36. The third-order valence-electron chi connectivity index (χ3n) is 4.56. The van der Waals surface area contributed by atoms with E-state index in [1.165, 1.54) is 38.6 Å². The first-order valence-electron chi connectivity index (χ1n) is 6.57. The molecule has 2 aliphatic rings.